The molecule has 8 heteroatoms. The Hall–Kier alpha value is -4.59. The minimum absolute atomic E-state index is 0.209. The van der Waals surface area contributed by atoms with Crippen molar-refractivity contribution in [1.82, 2.24) is 20.9 Å². The van der Waals surface area contributed by atoms with E-state index in [-0.39, 0.29) is 11.3 Å². The molecular weight excluding hydrogens is 442 g/mol. The van der Waals surface area contributed by atoms with Gasteiger partial charge in [-0.15, -0.1) is 0 Å². The standard InChI is InChI=1S/C27H25N5O3/c1-16-13-17(2)15-20(14-16)18(3)29-32-27(35)24(28-25(33)19-9-5-4-6-10-19)23-21-11-7-8-12-22(21)26(34)31-30-23/h4-15,24H,1-3H3,(H,28,33)(H,31,34)(H,32,35)/b29-18+. The number of hydrazone groups is 1. The summed E-state index contributed by atoms with van der Waals surface area (Å²) in [5.74, 6) is -1.06. The first-order valence-electron chi connectivity index (χ1n) is 11.1. The normalized spacial score (nSPS) is 12.3. The van der Waals surface area contributed by atoms with Gasteiger partial charge in [0.2, 0.25) is 0 Å². The van der Waals surface area contributed by atoms with Crippen LogP contribution in [0.5, 0.6) is 0 Å². The van der Waals surface area contributed by atoms with Gasteiger partial charge in [0.1, 0.15) is 5.69 Å². The van der Waals surface area contributed by atoms with Crippen molar-refractivity contribution >= 4 is 28.3 Å². The average Bonchev–Trinajstić information content (AvgIpc) is 2.86. The van der Waals surface area contributed by atoms with Crippen molar-refractivity contribution in [2.45, 2.75) is 26.8 Å². The van der Waals surface area contributed by atoms with Gasteiger partial charge in [-0.25, -0.2) is 10.5 Å². The van der Waals surface area contributed by atoms with Crippen LogP contribution in [0, 0.1) is 13.8 Å². The Morgan fingerprint density at radius 2 is 1.51 bits per heavy atom. The summed E-state index contributed by atoms with van der Waals surface area (Å²) in [6, 6.07) is 20.1. The second-order valence-corrected chi connectivity index (χ2v) is 8.31. The second-order valence-electron chi connectivity index (χ2n) is 8.31. The molecule has 3 aromatic carbocycles. The number of benzene rings is 3. The molecule has 0 bridgehead atoms. The Bertz CT molecular complexity index is 1470. The largest absolute Gasteiger partial charge is 0.335 e. The third-order valence-electron chi connectivity index (χ3n) is 5.55. The number of rotatable bonds is 6. The van der Waals surface area contributed by atoms with Crippen LogP contribution in [0.15, 0.2) is 82.7 Å². The van der Waals surface area contributed by atoms with E-state index in [0.717, 1.165) is 16.7 Å². The van der Waals surface area contributed by atoms with Gasteiger partial charge >= 0.3 is 0 Å². The maximum atomic E-state index is 13.3. The zero-order valence-electron chi connectivity index (χ0n) is 19.6. The van der Waals surface area contributed by atoms with Crippen LogP contribution in [0.2, 0.25) is 0 Å². The van der Waals surface area contributed by atoms with E-state index < -0.39 is 17.9 Å². The predicted molar refractivity (Wildman–Crippen MR) is 135 cm³/mol. The van der Waals surface area contributed by atoms with E-state index in [1.165, 1.54) is 0 Å². The van der Waals surface area contributed by atoms with E-state index in [9.17, 15) is 14.4 Å². The molecule has 1 aromatic heterocycles. The third kappa shape index (κ3) is 5.33. The zero-order valence-corrected chi connectivity index (χ0v) is 19.6. The highest BCUT2D eigenvalue weighted by Crippen LogP contribution is 2.20. The van der Waals surface area contributed by atoms with Crippen molar-refractivity contribution in [3.63, 3.8) is 0 Å². The smallest absolute Gasteiger partial charge is 0.272 e. The van der Waals surface area contributed by atoms with Gasteiger partial charge in [-0.1, -0.05) is 65.7 Å². The van der Waals surface area contributed by atoms with Gasteiger partial charge in [0.25, 0.3) is 17.4 Å². The number of hydrogen-bond donors (Lipinski definition) is 3. The monoisotopic (exact) mass is 467 g/mol. The van der Waals surface area contributed by atoms with Crippen LogP contribution in [-0.2, 0) is 4.79 Å². The molecule has 0 aliphatic heterocycles. The van der Waals surface area contributed by atoms with Gasteiger partial charge < -0.3 is 5.32 Å². The van der Waals surface area contributed by atoms with Gasteiger partial charge in [-0.2, -0.15) is 10.2 Å². The lowest BCUT2D eigenvalue weighted by atomic mass is 10.0. The highest BCUT2D eigenvalue weighted by molar-refractivity contribution is 6.01. The van der Waals surface area contributed by atoms with Crippen molar-refractivity contribution in [3.05, 3.63) is 111 Å². The number of aryl methyl sites for hydroxylation is 2. The quantitative estimate of drug-likeness (QED) is 0.297. The summed E-state index contributed by atoms with van der Waals surface area (Å²) in [7, 11) is 0. The fourth-order valence-electron chi connectivity index (χ4n) is 3.87. The second kappa shape index (κ2) is 10.1. The number of aromatic amines is 1. The van der Waals surface area contributed by atoms with Crippen molar-refractivity contribution in [3.8, 4) is 0 Å². The molecule has 35 heavy (non-hydrogen) atoms. The van der Waals surface area contributed by atoms with Gasteiger partial charge in [0.15, 0.2) is 6.04 Å². The highest BCUT2D eigenvalue weighted by Gasteiger charge is 2.27. The van der Waals surface area contributed by atoms with Crippen molar-refractivity contribution in [1.29, 1.82) is 0 Å². The van der Waals surface area contributed by atoms with E-state index >= 15 is 0 Å². The fraction of sp³-hybridized carbons (Fsp3) is 0.148. The number of fused-ring (bicyclic) bond motifs is 1. The van der Waals surface area contributed by atoms with E-state index in [2.05, 4.69) is 32.1 Å². The summed E-state index contributed by atoms with van der Waals surface area (Å²) in [6.07, 6.45) is 0. The Morgan fingerprint density at radius 3 is 2.20 bits per heavy atom. The first-order chi connectivity index (χ1) is 16.8. The maximum Gasteiger partial charge on any atom is 0.272 e. The number of aromatic nitrogens is 2. The van der Waals surface area contributed by atoms with Crippen LogP contribution in [0.1, 0.15) is 45.7 Å². The number of carbonyl (C=O) groups excluding carboxylic acids is 2. The molecule has 0 aliphatic rings. The Morgan fingerprint density at radius 1 is 0.886 bits per heavy atom. The summed E-state index contributed by atoms with van der Waals surface area (Å²) in [5, 5.41) is 14.4. The summed E-state index contributed by atoms with van der Waals surface area (Å²) in [6.45, 7) is 5.77. The number of nitrogens with one attached hydrogen (secondary N) is 3. The molecule has 1 heterocycles. The molecule has 2 amide bonds. The number of carbonyl (C=O) groups is 2. The molecule has 0 saturated heterocycles. The molecule has 176 valence electrons. The Labute approximate surface area is 202 Å². The molecule has 0 fully saturated rings. The molecule has 0 saturated carbocycles. The average molecular weight is 468 g/mol. The number of hydrogen-bond acceptors (Lipinski definition) is 5. The van der Waals surface area contributed by atoms with Gasteiger partial charge in [-0.05, 0) is 44.5 Å². The molecule has 8 nitrogen and oxygen atoms in total. The van der Waals surface area contributed by atoms with Crippen LogP contribution in [0.25, 0.3) is 10.8 Å². The summed E-state index contributed by atoms with van der Waals surface area (Å²) < 4.78 is 0. The number of H-pyrrole nitrogens is 1. The summed E-state index contributed by atoms with van der Waals surface area (Å²) >= 11 is 0. The molecule has 1 atom stereocenters. The maximum absolute atomic E-state index is 13.3. The van der Waals surface area contributed by atoms with Crippen molar-refractivity contribution in [2.75, 3.05) is 0 Å². The van der Waals surface area contributed by atoms with Crippen molar-refractivity contribution < 1.29 is 9.59 Å². The van der Waals surface area contributed by atoms with E-state index in [4.69, 9.17) is 0 Å². The van der Waals surface area contributed by atoms with Crippen LogP contribution < -0.4 is 16.3 Å². The summed E-state index contributed by atoms with van der Waals surface area (Å²) in [4.78, 5) is 38.6. The third-order valence-corrected chi connectivity index (χ3v) is 5.55. The van der Waals surface area contributed by atoms with Crippen molar-refractivity contribution in [2.24, 2.45) is 5.10 Å². The molecular formula is C27H25N5O3. The van der Waals surface area contributed by atoms with Crippen LogP contribution in [-0.4, -0.2) is 27.7 Å². The summed E-state index contributed by atoms with van der Waals surface area (Å²) in [5.41, 5.74) is 6.41. The van der Waals surface area contributed by atoms with Crippen LogP contribution >= 0.6 is 0 Å². The lowest BCUT2D eigenvalue weighted by molar-refractivity contribution is -0.123. The molecule has 0 aliphatic carbocycles. The molecule has 3 N–H and O–H groups in total. The van der Waals surface area contributed by atoms with E-state index in [0.29, 0.717) is 22.0 Å². The van der Waals surface area contributed by atoms with Crippen LogP contribution in [0.3, 0.4) is 0 Å². The topological polar surface area (TPSA) is 116 Å². The first-order valence-corrected chi connectivity index (χ1v) is 11.1. The molecule has 0 spiro atoms. The highest BCUT2D eigenvalue weighted by atomic mass is 16.2. The Balaban J connectivity index is 1.70. The number of amides is 2. The van der Waals surface area contributed by atoms with Gasteiger partial charge in [-0.3, -0.25) is 14.4 Å². The SMILES string of the molecule is C/C(=N\NC(=O)C(NC(=O)c1ccccc1)c1n[nH]c(=O)c2ccccc12)c1cc(C)cc(C)c1. The first kappa shape index (κ1) is 23.6. The number of nitrogens with zero attached hydrogens (tertiary/aromatic N) is 2. The molecule has 0 radical (unpaired) electrons. The lowest BCUT2D eigenvalue weighted by Crippen LogP contribution is -2.40. The van der Waals surface area contributed by atoms with Gasteiger partial charge in [0.05, 0.1) is 11.1 Å². The minimum atomic E-state index is -1.21. The minimum Gasteiger partial charge on any atom is -0.335 e. The van der Waals surface area contributed by atoms with E-state index in [1.54, 1.807) is 61.5 Å². The molecule has 1 unspecified atom stereocenters. The zero-order chi connectivity index (χ0) is 24.9. The fourth-order valence-corrected chi connectivity index (χ4v) is 3.87. The van der Waals surface area contributed by atoms with E-state index in [1.807, 2.05) is 26.0 Å². The molecule has 4 rings (SSSR count). The Kier molecular flexibility index (Phi) is 6.82. The molecule has 4 aromatic rings. The lowest BCUT2D eigenvalue weighted by Gasteiger charge is -2.18. The van der Waals surface area contributed by atoms with Crippen LogP contribution in [0.4, 0.5) is 0 Å². The van der Waals surface area contributed by atoms with Gasteiger partial charge in [0, 0.05) is 10.9 Å². The predicted octanol–water partition coefficient (Wildman–Crippen LogP) is 3.55.